The van der Waals surface area contributed by atoms with E-state index >= 15 is 0 Å². The van der Waals surface area contributed by atoms with Gasteiger partial charge in [0.05, 0.1) is 12.0 Å². The summed E-state index contributed by atoms with van der Waals surface area (Å²) in [7, 11) is 0. The number of carbonyl (C=O) groups is 1. The Bertz CT molecular complexity index is 1350. The van der Waals surface area contributed by atoms with E-state index in [9.17, 15) is 4.79 Å². The first-order chi connectivity index (χ1) is 16.7. The zero-order chi connectivity index (χ0) is 23.1. The second-order valence-corrected chi connectivity index (χ2v) is 9.41. The van der Waals surface area contributed by atoms with Gasteiger partial charge < -0.3 is 13.4 Å². The highest BCUT2D eigenvalue weighted by atomic mass is 32.2. The van der Waals surface area contributed by atoms with E-state index in [0.29, 0.717) is 30.4 Å². The summed E-state index contributed by atoms with van der Waals surface area (Å²) in [5, 5.41) is 16.6. The molecule has 4 aromatic rings. The molecule has 8 nitrogen and oxygen atoms in total. The Morgan fingerprint density at radius 2 is 2.09 bits per heavy atom. The lowest BCUT2D eigenvalue weighted by molar-refractivity contribution is -0.130. The average Bonchev–Trinajstić information content (AvgIpc) is 3.28. The third-order valence-electron chi connectivity index (χ3n) is 6.07. The number of para-hydroxylation sites is 1. The van der Waals surface area contributed by atoms with Crippen LogP contribution in [0.15, 0.2) is 80.5 Å². The lowest BCUT2D eigenvalue weighted by atomic mass is 10.1. The maximum atomic E-state index is 13.3. The lowest BCUT2D eigenvalue weighted by Crippen LogP contribution is -2.28. The molecule has 4 heterocycles. The Hall–Kier alpha value is -3.59. The summed E-state index contributed by atoms with van der Waals surface area (Å²) < 4.78 is 13.7. The lowest BCUT2D eigenvalue weighted by Gasteiger charge is -2.19. The zero-order valence-corrected chi connectivity index (χ0v) is 19.3. The van der Waals surface area contributed by atoms with Gasteiger partial charge in [-0.2, -0.15) is 5.10 Å². The molecule has 0 bridgehead atoms. The predicted molar refractivity (Wildman–Crippen MR) is 129 cm³/mol. The summed E-state index contributed by atoms with van der Waals surface area (Å²) in [5.41, 5.74) is 1.52. The molecule has 2 aliphatic rings. The molecule has 0 radical (unpaired) electrons. The molecule has 34 heavy (non-hydrogen) atoms. The summed E-state index contributed by atoms with van der Waals surface area (Å²) in [6.45, 7) is 4.48. The topological polar surface area (TPSA) is 89.7 Å². The minimum atomic E-state index is -0.320. The van der Waals surface area contributed by atoms with Crippen LogP contribution in [-0.4, -0.2) is 37.1 Å². The number of amides is 1. The molecule has 1 atom stereocenters. The number of fused-ring (bicyclic) bond motifs is 1. The molecule has 1 aromatic carbocycles. The number of allylic oxidation sites excluding steroid dienone is 1. The number of thioether (sulfide) groups is 1. The number of hydrogen-bond donors (Lipinski definition) is 0. The third kappa shape index (κ3) is 3.86. The number of hydrogen-bond acceptors (Lipinski definition) is 7. The van der Waals surface area contributed by atoms with Gasteiger partial charge in [0.15, 0.2) is 10.9 Å². The Balaban J connectivity index is 1.25. The highest BCUT2D eigenvalue weighted by Crippen LogP contribution is 2.40. The summed E-state index contributed by atoms with van der Waals surface area (Å²) in [6.07, 6.45) is 6.23. The van der Waals surface area contributed by atoms with E-state index in [1.54, 1.807) is 6.26 Å². The van der Waals surface area contributed by atoms with Gasteiger partial charge >= 0.3 is 0 Å². The molecule has 0 saturated heterocycles. The van der Waals surface area contributed by atoms with E-state index in [1.165, 1.54) is 16.8 Å². The van der Waals surface area contributed by atoms with Crippen molar-refractivity contribution in [1.82, 2.24) is 19.8 Å². The van der Waals surface area contributed by atoms with Gasteiger partial charge in [-0.3, -0.25) is 4.79 Å². The zero-order valence-electron chi connectivity index (χ0n) is 18.5. The summed E-state index contributed by atoms with van der Waals surface area (Å²) in [4.78, 5) is 13.3. The van der Waals surface area contributed by atoms with Gasteiger partial charge in [0.2, 0.25) is 0 Å². The highest BCUT2D eigenvalue weighted by Gasteiger charge is 2.36. The van der Waals surface area contributed by atoms with Crippen molar-refractivity contribution in [3.8, 4) is 0 Å². The van der Waals surface area contributed by atoms with Crippen LogP contribution in [0.4, 0.5) is 0 Å². The van der Waals surface area contributed by atoms with Crippen molar-refractivity contribution < 1.29 is 13.6 Å². The second kappa shape index (κ2) is 8.64. The number of furan rings is 2. The van der Waals surface area contributed by atoms with Crippen LogP contribution >= 0.6 is 11.8 Å². The van der Waals surface area contributed by atoms with Gasteiger partial charge in [-0.25, -0.2) is 5.01 Å². The van der Waals surface area contributed by atoms with Gasteiger partial charge in [0.1, 0.15) is 28.9 Å². The third-order valence-corrected chi connectivity index (χ3v) is 7.02. The van der Waals surface area contributed by atoms with Gasteiger partial charge in [0.25, 0.3) is 5.91 Å². The Morgan fingerprint density at radius 1 is 1.21 bits per heavy atom. The number of nitrogens with zero attached hydrogens (tertiary/aromatic N) is 5. The molecule has 1 fully saturated rings. The number of benzene rings is 1. The highest BCUT2D eigenvalue weighted by molar-refractivity contribution is 7.99. The normalized spacial score (nSPS) is 17.9. The SMILES string of the molecule is C=CCn1c(SCC(=O)N2N=C(c3cc4ccccc4o3)CC2c2ccco2)nnc1C1CC1. The minimum absolute atomic E-state index is 0.126. The first-order valence-corrected chi connectivity index (χ1v) is 12.3. The molecule has 6 rings (SSSR count). The molecule has 1 amide bonds. The van der Waals surface area contributed by atoms with Gasteiger partial charge in [-0.1, -0.05) is 36.0 Å². The van der Waals surface area contributed by atoms with E-state index in [2.05, 4.69) is 26.4 Å². The molecule has 172 valence electrons. The standard InChI is InChI=1S/C25H23N5O3S/c1-2-11-29-24(16-9-10-16)26-27-25(29)34-15-23(31)30-19(21-8-5-12-32-21)14-18(28-30)22-13-17-6-3-4-7-20(17)33-22/h2-8,12-13,16,19H,1,9-11,14-15H2. The van der Waals surface area contributed by atoms with Crippen molar-refractivity contribution in [2.24, 2.45) is 5.10 Å². The fourth-order valence-electron chi connectivity index (χ4n) is 4.26. The molecule has 0 spiro atoms. The number of carbonyl (C=O) groups excluding carboxylic acids is 1. The van der Waals surface area contributed by atoms with Crippen molar-refractivity contribution in [2.75, 3.05) is 5.75 Å². The van der Waals surface area contributed by atoms with E-state index in [0.717, 1.165) is 40.5 Å². The number of hydrazone groups is 1. The average molecular weight is 474 g/mol. The largest absolute Gasteiger partial charge is 0.467 e. The maximum Gasteiger partial charge on any atom is 0.253 e. The summed E-state index contributed by atoms with van der Waals surface area (Å²) in [6, 6.07) is 13.2. The van der Waals surface area contributed by atoms with E-state index in [-0.39, 0.29) is 17.7 Å². The molecule has 1 aliphatic heterocycles. The molecule has 9 heteroatoms. The van der Waals surface area contributed by atoms with Crippen LogP contribution in [0, 0.1) is 0 Å². The van der Waals surface area contributed by atoms with Crippen LogP contribution in [-0.2, 0) is 11.3 Å². The first kappa shape index (κ1) is 21.0. The molecule has 1 unspecified atom stereocenters. The van der Waals surface area contributed by atoms with Gasteiger partial charge in [0, 0.05) is 24.3 Å². The fraction of sp³-hybridized carbons (Fsp3) is 0.280. The van der Waals surface area contributed by atoms with Crippen LogP contribution < -0.4 is 0 Å². The van der Waals surface area contributed by atoms with Crippen LogP contribution in [0.2, 0.25) is 0 Å². The molecule has 1 saturated carbocycles. The fourth-order valence-corrected chi connectivity index (χ4v) is 5.07. The molecular weight excluding hydrogens is 450 g/mol. The van der Waals surface area contributed by atoms with Crippen molar-refractivity contribution in [2.45, 2.75) is 42.9 Å². The van der Waals surface area contributed by atoms with Crippen molar-refractivity contribution in [1.29, 1.82) is 0 Å². The van der Waals surface area contributed by atoms with E-state index in [4.69, 9.17) is 8.83 Å². The van der Waals surface area contributed by atoms with E-state index < -0.39 is 0 Å². The minimum Gasteiger partial charge on any atom is -0.467 e. The Kier molecular flexibility index (Phi) is 5.33. The molecule has 3 aromatic heterocycles. The molecule has 0 N–H and O–H groups in total. The summed E-state index contributed by atoms with van der Waals surface area (Å²) >= 11 is 1.38. The van der Waals surface area contributed by atoms with Crippen molar-refractivity contribution in [3.63, 3.8) is 0 Å². The monoisotopic (exact) mass is 473 g/mol. The quantitative estimate of drug-likeness (QED) is 0.260. The van der Waals surface area contributed by atoms with Crippen molar-refractivity contribution >= 4 is 34.3 Å². The summed E-state index contributed by atoms with van der Waals surface area (Å²) in [5.74, 6) is 2.87. The van der Waals surface area contributed by atoms with Crippen molar-refractivity contribution in [3.05, 3.63) is 78.7 Å². The van der Waals surface area contributed by atoms with E-state index in [1.807, 2.05) is 48.5 Å². The first-order valence-electron chi connectivity index (χ1n) is 11.3. The number of rotatable bonds is 8. The van der Waals surface area contributed by atoms with Crippen LogP contribution in [0.25, 0.3) is 11.0 Å². The molecular formula is C25H23N5O3S. The predicted octanol–water partition coefficient (Wildman–Crippen LogP) is 5.15. The van der Waals surface area contributed by atoms with Crippen LogP contribution in [0.1, 0.15) is 48.6 Å². The second-order valence-electron chi connectivity index (χ2n) is 8.47. The Labute approximate surface area is 200 Å². The maximum absolute atomic E-state index is 13.3. The smallest absolute Gasteiger partial charge is 0.253 e. The molecule has 1 aliphatic carbocycles. The number of aromatic nitrogens is 3. The Morgan fingerprint density at radius 3 is 2.85 bits per heavy atom. The van der Waals surface area contributed by atoms with Crippen LogP contribution in [0.5, 0.6) is 0 Å². The van der Waals surface area contributed by atoms with Gasteiger partial charge in [-0.15, -0.1) is 16.8 Å². The van der Waals surface area contributed by atoms with Gasteiger partial charge in [-0.05, 0) is 37.1 Å². The van der Waals surface area contributed by atoms with Crippen LogP contribution in [0.3, 0.4) is 0 Å².